The molecule has 0 spiro atoms. The van der Waals surface area contributed by atoms with E-state index >= 15 is 0 Å². The van der Waals surface area contributed by atoms with E-state index in [1.807, 2.05) is 36.4 Å². The van der Waals surface area contributed by atoms with Gasteiger partial charge in [-0.25, -0.2) is 0 Å². The summed E-state index contributed by atoms with van der Waals surface area (Å²) in [5.74, 6) is -0.314. The number of amides is 2. The van der Waals surface area contributed by atoms with Gasteiger partial charge in [0, 0.05) is 6.54 Å². The second-order valence-electron chi connectivity index (χ2n) is 5.89. The van der Waals surface area contributed by atoms with Crippen LogP contribution < -0.4 is 0 Å². The summed E-state index contributed by atoms with van der Waals surface area (Å²) in [5, 5.41) is 2.00. The van der Waals surface area contributed by atoms with Crippen molar-refractivity contribution in [3.05, 3.63) is 47.5 Å². The van der Waals surface area contributed by atoms with Gasteiger partial charge in [0.25, 0.3) is 11.8 Å². The van der Waals surface area contributed by atoms with Crippen molar-refractivity contribution in [3.63, 3.8) is 0 Å². The molecule has 2 aromatic carbocycles. The van der Waals surface area contributed by atoms with Gasteiger partial charge in [0.05, 0.1) is 11.1 Å². The van der Waals surface area contributed by atoms with E-state index in [1.54, 1.807) is 0 Å². The number of carbonyl (C=O) groups is 2. The molecule has 2 aromatic rings. The van der Waals surface area contributed by atoms with Crippen LogP contribution in [0.3, 0.4) is 0 Å². The minimum atomic E-state index is -0.157. The Labute approximate surface area is 136 Å². The van der Waals surface area contributed by atoms with Gasteiger partial charge in [-0.1, -0.05) is 38.1 Å². The average Bonchev–Trinajstić information content (AvgIpc) is 2.81. The molecule has 1 aliphatic heterocycles. The molecule has 0 saturated heterocycles. The lowest BCUT2D eigenvalue weighted by Crippen LogP contribution is -2.33. The van der Waals surface area contributed by atoms with Gasteiger partial charge in [-0.3, -0.25) is 14.5 Å². The number of fused-ring (bicyclic) bond motifs is 2. The van der Waals surface area contributed by atoms with Crippen molar-refractivity contribution in [3.8, 4) is 0 Å². The molecule has 120 valence electrons. The zero-order chi connectivity index (χ0) is 16.4. The molecule has 0 aliphatic carbocycles. The first-order chi connectivity index (χ1) is 11.2. The van der Waals surface area contributed by atoms with Crippen molar-refractivity contribution in [1.29, 1.82) is 0 Å². The molecule has 0 N–H and O–H groups in total. The van der Waals surface area contributed by atoms with Crippen LogP contribution in [0.1, 0.15) is 41.0 Å². The van der Waals surface area contributed by atoms with Crippen LogP contribution in [0.2, 0.25) is 0 Å². The predicted molar refractivity (Wildman–Crippen MR) is 91.7 cm³/mol. The zero-order valence-corrected chi connectivity index (χ0v) is 13.7. The van der Waals surface area contributed by atoms with Gasteiger partial charge < -0.3 is 4.90 Å². The zero-order valence-electron chi connectivity index (χ0n) is 13.7. The number of benzene rings is 2. The average molecular weight is 310 g/mol. The fourth-order valence-electron chi connectivity index (χ4n) is 3.17. The van der Waals surface area contributed by atoms with Crippen LogP contribution >= 0.6 is 0 Å². The first-order valence-corrected chi connectivity index (χ1v) is 8.27. The Morgan fingerprint density at radius 1 is 0.913 bits per heavy atom. The molecule has 4 nitrogen and oxygen atoms in total. The van der Waals surface area contributed by atoms with Crippen LogP contribution in [0, 0.1) is 0 Å². The van der Waals surface area contributed by atoms with Gasteiger partial charge in [-0.2, -0.15) is 0 Å². The van der Waals surface area contributed by atoms with Gasteiger partial charge in [-0.15, -0.1) is 0 Å². The maximum absolute atomic E-state index is 12.6. The third kappa shape index (κ3) is 2.86. The third-order valence-corrected chi connectivity index (χ3v) is 4.59. The summed E-state index contributed by atoms with van der Waals surface area (Å²) in [4.78, 5) is 28.8. The lowest BCUT2D eigenvalue weighted by atomic mass is 10.0. The molecule has 23 heavy (non-hydrogen) atoms. The Hall–Kier alpha value is -2.20. The summed E-state index contributed by atoms with van der Waals surface area (Å²) >= 11 is 0. The summed E-state index contributed by atoms with van der Waals surface area (Å²) in [7, 11) is 0. The van der Waals surface area contributed by atoms with Crippen LogP contribution in [0.4, 0.5) is 0 Å². The molecular weight excluding hydrogens is 288 g/mol. The second-order valence-corrected chi connectivity index (χ2v) is 5.89. The highest BCUT2D eigenvalue weighted by Gasteiger charge is 2.35. The Morgan fingerprint density at radius 2 is 1.43 bits per heavy atom. The van der Waals surface area contributed by atoms with E-state index in [1.165, 1.54) is 4.90 Å². The maximum atomic E-state index is 12.6. The maximum Gasteiger partial charge on any atom is 0.261 e. The number of hydrogen-bond acceptors (Lipinski definition) is 3. The van der Waals surface area contributed by atoms with Gasteiger partial charge in [0.15, 0.2) is 0 Å². The molecule has 0 bridgehead atoms. The molecule has 0 saturated carbocycles. The van der Waals surface area contributed by atoms with E-state index in [2.05, 4.69) is 18.7 Å². The minimum Gasteiger partial charge on any atom is -0.304 e. The van der Waals surface area contributed by atoms with Crippen molar-refractivity contribution < 1.29 is 9.59 Å². The molecule has 1 heterocycles. The summed E-state index contributed by atoms with van der Waals surface area (Å²) in [6, 6.07) is 11.5. The number of carbonyl (C=O) groups excluding carboxylic acids is 2. The highest BCUT2D eigenvalue weighted by atomic mass is 16.2. The fourth-order valence-corrected chi connectivity index (χ4v) is 3.17. The van der Waals surface area contributed by atoms with Gasteiger partial charge in [-0.05, 0) is 49.0 Å². The Bertz CT molecular complexity index is 696. The number of hydrogen-bond donors (Lipinski definition) is 0. The Morgan fingerprint density at radius 3 is 1.91 bits per heavy atom. The standard InChI is InChI=1S/C19H22N2O2/c1-3-20(4-2)10-7-11-21-18(22)16-12-14-8-5-6-9-15(14)13-17(16)19(21)23/h5-6,8-9,12-13H,3-4,7,10-11H2,1-2H3. The van der Waals surface area contributed by atoms with Crippen molar-refractivity contribution in [2.24, 2.45) is 0 Å². The van der Waals surface area contributed by atoms with Gasteiger partial charge >= 0.3 is 0 Å². The van der Waals surface area contributed by atoms with Gasteiger partial charge in [0.2, 0.25) is 0 Å². The monoisotopic (exact) mass is 310 g/mol. The molecule has 0 aromatic heterocycles. The van der Waals surface area contributed by atoms with Crippen LogP contribution in [-0.4, -0.2) is 47.8 Å². The van der Waals surface area contributed by atoms with E-state index in [0.717, 1.165) is 36.8 Å². The molecule has 2 amide bonds. The predicted octanol–water partition coefficient (Wildman–Crippen LogP) is 3.17. The van der Waals surface area contributed by atoms with Crippen LogP contribution in [-0.2, 0) is 0 Å². The summed E-state index contributed by atoms with van der Waals surface area (Å²) in [5.41, 5.74) is 1.08. The lowest BCUT2D eigenvalue weighted by molar-refractivity contribution is 0.0648. The molecular formula is C19H22N2O2. The second kappa shape index (κ2) is 6.50. The molecule has 0 radical (unpaired) electrons. The molecule has 0 atom stereocenters. The SMILES string of the molecule is CCN(CC)CCCN1C(=O)c2cc3ccccc3cc2C1=O. The van der Waals surface area contributed by atoms with E-state index in [0.29, 0.717) is 17.7 Å². The molecule has 4 heteroatoms. The third-order valence-electron chi connectivity index (χ3n) is 4.59. The molecule has 0 unspecified atom stereocenters. The highest BCUT2D eigenvalue weighted by Crippen LogP contribution is 2.28. The fraction of sp³-hybridized carbons (Fsp3) is 0.368. The largest absolute Gasteiger partial charge is 0.304 e. The molecule has 0 fully saturated rings. The first kappa shape index (κ1) is 15.7. The van der Waals surface area contributed by atoms with E-state index < -0.39 is 0 Å². The summed E-state index contributed by atoms with van der Waals surface area (Å²) in [6.07, 6.45) is 0.812. The van der Waals surface area contributed by atoms with Crippen LogP contribution in [0.25, 0.3) is 10.8 Å². The summed E-state index contributed by atoms with van der Waals surface area (Å²) in [6.45, 7) is 7.61. The summed E-state index contributed by atoms with van der Waals surface area (Å²) < 4.78 is 0. The smallest absolute Gasteiger partial charge is 0.261 e. The van der Waals surface area contributed by atoms with Crippen molar-refractivity contribution >= 4 is 22.6 Å². The lowest BCUT2D eigenvalue weighted by Gasteiger charge is -2.20. The van der Waals surface area contributed by atoms with Crippen LogP contribution in [0.15, 0.2) is 36.4 Å². The van der Waals surface area contributed by atoms with Crippen molar-refractivity contribution in [1.82, 2.24) is 9.80 Å². The Kier molecular flexibility index (Phi) is 4.44. The minimum absolute atomic E-state index is 0.157. The topological polar surface area (TPSA) is 40.6 Å². The normalized spacial score (nSPS) is 14.1. The van der Waals surface area contributed by atoms with E-state index in [4.69, 9.17) is 0 Å². The van der Waals surface area contributed by atoms with Crippen molar-refractivity contribution in [2.45, 2.75) is 20.3 Å². The highest BCUT2D eigenvalue weighted by molar-refractivity contribution is 6.23. The van der Waals surface area contributed by atoms with Crippen LogP contribution in [0.5, 0.6) is 0 Å². The Balaban J connectivity index is 1.79. The molecule has 1 aliphatic rings. The quantitative estimate of drug-likeness (QED) is 0.770. The number of nitrogens with zero attached hydrogens (tertiary/aromatic N) is 2. The van der Waals surface area contributed by atoms with Crippen molar-refractivity contribution in [2.75, 3.05) is 26.2 Å². The number of imide groups is 1. The van der Waals surface area contributed by atoms with E-state index in [9.17, 15) is 9.59 Å². The first-order valence-electron chi connectivity index (χ1n) is 8.27. The molecule has 3 rings (SSSR count). The van der Waals surface area contributed by atoms with E-state index in [-0.39, 0.29) is 11.8 Å². The van der Waals surface area contributed by atoms with Gasteiger partial charge in [0.1, 0.15) is 0 Å². The number of rotatable bonds is 6.